The van der Waals surface area contributed by atoms with Crippen LogP contribution in [0, 0.1) is 13.8 Å². The van der Waals surface area contributed by atoms with Crippen molar-refractivity contribution in [2.45, 2.75) is 20.3 Å². The summed E-state index contributed by atoms with van der Waals surface area (Å²) in [7, 11) is 0. The lowest BCUT2D eigenvalue weighted by Crippen LogP contribution is -2.14. The van der Waals surface area contributed by atoms with Crippen LogP contribution < -0.4 is 16.2 Å². The predicted molar refractivity (Wildman–Crippen MR) is 122 cm³/mol. The molecule has 4 aromatic rings. The Morgan fingerprint density at radius 1 is 1.00 bits per heavy atom. The zero-order chi connectivity index (χ0) is 21.1. The van der Waals surface area contributed by atoms with Gasteiger partial charge in [0.05, 0.1) is 0 Å². The number of H-pyrrole nitrogens is 1. The maximum absolute atomic E-state index is 11.8. The summed E-state index contributed by atoms with van der Waals surface area (Å²) in [5.41, 5.74) is 4.47. The Morgan fingerprint density at radius 2 is 1.77 bits per heavy atom. The third-order valence-electron chi connectivity index (χ3n) is 4.79. The van der Waals surface area contributed by atoms with Gasteiger partial charge in [0.15, 0.2) is 11.5 Å². The summed E-state index contributed by atoms with van der Waals surface area (Å²) < 4.78 is 1.58. The van der Waals surface area contributed by atoms with Crippen molar-refractivity contribution in [3.8, 4) is 11.4 Å². The number of halogens is 1. The molecular weight excluding hydrogens is 400 g/mol. The van der Waals surface area contributed by atoms with Crippen molar-refractivity contribution in [3.63, 3.8) is 0 Å². The van der Waals surface area contributed by atoms with Crippen LogP contribution in [0.2, 0.25) is 5.02 Å². The van der Waals surface area contributed by atoms with Gasteiger partial charge in [0.1, 0.15) is 0 Å². The highest BCUT2D eigenvalue weighted by Gasteiger charge is 2.10. The van der Waals surface area contributed by atoms with Crippen LogP contribution in [0.5, 0.6) is 0 Å². The molecule has 2 aromatic carbocycles. The second-order valence-electron chi connectivity index (χ2n) is 7.22. The van der Waals surface area contributed by atoms with Crippen molar-refractivity contribution in [1.82, 2.24) is 19.6 Å². The first-order chi connectivity index (χ1) is 14.5. The van der Waals surface area contributed by atoms with Crippen molar-refractivity contribution in [2.24, 2.45) is 0 Å². The number of nitrogens with one attached hydrogen (secondary N) is 3. The van der Waals surface area contributed by atoms with E-state index in [2.05, 4.69) is 25.7 Å². The quantitative estimate of drug-likeness (QED) is 0.387. The molecule has 0 saturated heterocycles. The minimum Gasteiger partial charge on any atom is -0.385 e. The molecule has 0 saturated carbocycles. The number of benzene rings is 2. The Balaban J connectivity index is 1.45. The van der Waals surface area contributed by atoms with Crippen molar-refractivity contribution in [2.75, 3.05) is 23.7 Å². The topological polar surface area (TPSA) is 87.1 Å². The van der Waals surface area contributed by atoms with Gasteiger partial charge < -0.3 is 10.6 Å². The van der Waals surface area contributed by atoms with E-state index in [1.807, 2.05) is 56.3 Å². The molecule has 4 rings (SSSR count). The van der Waals surface area contributed by atoms with E-state index < -0.39 is 0 Å². The maximum atomic E-state index is 11.8. The molecule has 3 N–H and O–H groups in total. The fraction of sp³-hybridized carbons (Fsp3) is 0.227. The van der Waals surface area contributed by atoms with Gasteiger partial charge >= 0.3 is 0 Å². The molecule has 2 aromatic heterocycles. The van der Waals surface area contributed by atoms with Gasteiger partial charge in [-0.3, -0.25) is 9.89 Å². The van der Waals surface area contributed by atoms with Gasteiger partial charge in [-0.2, -0.15) is 4.98 Å². The van der Waals surface area contributed by atoms with Crippen LogP contribution in [-0.2, 0) is 0 Å². The number of aromatic amines is 1. The molecular formula is C22H23ClN6O. The number of aromatic nitrogens is 4. The Bertz CT molecular complexity index is 1230. The van der Waals surface area contributed by atoms with Crippen LogP contribution in [0.3, 0.4) is 0 Å². The number of aryl methyl sites for hydroxylation is 2. The molecule has 0 fully saturated rings. The summed E-state index contributed by atoms with van der Waals surface area (Å²) in [4.78, 5) is 21.0. The number of fused-ring (bicyclic) bond motifs is 1. The van der Waals surface area contributed by atoms with Gasteiger partial charge in [0.25, 0.3) is 5.56 Å². The van der Waals surface area contributed by atoms with Crippen LogP contribution in [0.25, 0.3) is 17.0 Å². The summed E-state index contributed by atoms with van der Waals surface area (Å²) in [6.07, 6.45) is 0.860. The van der Waals surface area contributed by atoms with Crippen LogP contribution >= 0.6 is 11.6 Å². The highest BCUT2D eigenvalue weighted by molar-refractivity contribution is 6.31. The van der Waals surface area contributed by atoms with Gasteiger partial charge in [0, 0.05) is 35.4 Å². The van der Waals surface area contributed by atoms with E-state index in [-0.39, 0.29) is 5.56 Å². The minimum absolute atomic E-state index is 0.215. The van der Waals surface area contributed by atoms with Crippen molar-refractivity contribution in [3.05, 3.63) is 75.0 Å². The monoisotopic (exact) mass is 422 g/mol. The largest absolute Gasteiger partial charge is 0.385 e. The first-order valence-electron chi connectivity index (χ1n) is 9.80. The SMILES string of the molecule is Cc1ccc(-c2nc(NCCCNc3ccc(Cl)c(C)c3)n3[nH]c(=O)cc3n2)cc1. The van der Waals surface area contributed by atoms with Crippen LogP contribution in [0.1, 0.15) is 17.5 Å². The first-order valence-corrected chi connectivity index (χ1v) is 10.2. The fourth-order valence-corrected chi connectivity index (χ4v) is 3.25. The van der Waals surface area contributed by atoms with Crippen molar-refractivity contribution < 1.29 is 0 Å². The molecule has 8 heteroatoms. The smallest absolute Gasteiger partial charge is 0.266 e. The van der Waals surface area contributed by atoms with Gasteiger partial charge in [-0.25, -0.2) is 9.50 Å². The lowest BCUT2D eigenvalue weighted by molar-refractivity contribution is 0.844. The number of rotatable bonds is 7. The lowest BCUT2D eigenvalue weighted by atomic mass is 10.1. The molecule has 0 radical (unpaired) electrons. The van der Waals surface area contributed by atoms with E-state index in [0.717, 1.165) is 34.8 Å². The number of anilines is 2. The average Bonchev–Trinajstić information content (AvgIpc) is 3.11. The Hall–Kier alpha value is -3.32. The number of hydrogen-bond donors (Lipinski definition) is 3. The third kappa shape index (κ3) is 4.46. The van der Waals surface area contributed by atoms with Crippen molar-refractivity contribution in [1.29, 1.82) is 0 Å². The average molecular weight is 423 g/mol. The van der Waals surface area contributed by atoms with E-state index in [0.29, 0.717) is 24.0 Å². The van der Waals surface area contributed by atoms with Crippen molar-refractivity contribution >= 4 is 28.9 Å². The zero-order valence-electron chi connectivity index (χ0n) is 16.9. The zero-order valence-corrected chi connectivity index (χ0v) is 17.6. The van der Waals surface area contributed by atoms with E-state index in [4.69, 9.17) is 11.6 Å². The van der Waals surface area contributed by atoms with Gasteiger partial charge in [-0.1, -0.05) is 41.4 Å². The van der Waals surface area contributed by atoms with E-state index in [1.54, 1.807) is 4.52 Å². The minimum atomic E-state index is -0.215. The van der Waals surface area contributed by atoms with Gasteiger partial charge in [0.2, 0.25) is 5.95 Å². The Labute approximate surface area is 179 Å². The molecule has 2 heterocycles. The highest BCUT2D eigenvalue weighted by atomic mass is 35.5. The van der Waals surface area contributed by atoms with Crippen LogP contribution in [0.4, 0.5) is 11.6 Å². The molecule has 0 aliphatic heterocycles. The first kappa shape index (κ1) is 20.0. The fourth-order valence-electron chi connectivity index (χ4n) is 3.14. The molecule has 7 nitrogen and oxygen atoms in total. The van der Waals surface area contributed by atoms with Crippen LogP contribution in [-0.4, -0.2) is 32.7 Å². The molecule has 0 spiro atoms. The molecule has 0 atom stereocenters. The second-order valence-corrected chi connectivity index (χ2v) is 7.63. The second kappa shape index (κ2) is 8.59. The third-order valence-corrected chi connectivity index (χ3v) is 5.21. The summed E-state index contributed by atoms with van der Waals surface area (Å²) in [5.74, 6) is 1.13. The molecule has 0 amide bonds. The van der Waals surface area contributed by atoms with Gasteiger partial charge in [-0.15, -0.1) is 0 Å². The van der Waals surface area contributed by atoms with Gasteiger partial charge in [-0.05, 0) is 44.0 Å². The number of nitrogens with zero attached hydrogens (tertiary/aromatic N) is 3. The number of hydrogen-bond acceptors (Lipinski definition) is 5. The van der Waals surface area contributed by atoms with E-state index in [9.17, 15) is 4.79 Å². The summed E-state index contributed by atoms with van der Waals surface area (Å²) in [6, 6.07) is 15.4. The molecule has 0 unspecified atom stereocenters. The maximum Gasteiger partial charge on any atom is 0.266 e. The summed E-state index contributed by atoms with van der Waals surface area (Å²) in [6.45, 7) is 5.49. The lowest BCUT2D eigenvalue weighted by Gasteiger charge is -2.11. The molecule has 154 valence electrons. The van der Waals surface area contributed by atoms with Crippen LogP contribution in [0.15, 0.2) is 53.3 Å². The predicted octanol–water partition coefficient (Wildman–Crippen LogP) is 4.27. The summed E-state index contributed by atoms with van der Waals surface area (Å²) in [5, 5.41) is 10.2. The normalized spacial score (nSPS) is 11.0. The summed E-state index contributed by atoms with van der Waals surface area (Å²) >= 11 is 6.07. The molecule has 30 heavy (non-hydrogen) atoms. The Kier molecular flexibility index (Phi) is 5.72. The molecule has 0 bridgehead atoms. The molecule has 0 aliphatic rings. The highest BCUT2D eigenvalue weighted by Crippen LogP contribution is 2.20. The van der Waals surface area contributed by atoms with E-state index in [1.165, 1.54) is 11.6 Å². The Morgan fingerprint density at radius 3 is 2.53 bits per heavy atom. The molecule has 0 aliphatic carbocycles. The standard InChI is InChI=1S/C22H23ClN6O/c1-14-4-6-16(7-5-14)21-26-19-13-20(30)28-29(19)22(27-21)25-11-3-10-24-17-8-9-18(23)15(2)12-17/h4-9,12-13,24H,3,10-11H2,1-2H3,(H,28,30)(H,25,26,27). The van der Waals surface area contributed by atoms with E-state index >= 15 is 0 Å².